The number of piperazine rings is 1. The summed E-state index contributed by atoms with van der Waals surface area (Å²) in [6.45, 7) is 4.09. The number of nitrogens with zero attached hydrogens (tertiary/aromatic N) is 1. The highest BCUT2D eigenvalue weighted by molar-refractivity contribution is 5.85. The molecule has 3 nitrogen and oxygen atoms in total. The van der Waals surface area contributed by atoms with Crippen LogP contribution in [0, 0.1) is 11.7 Å². The van der Waals surface area contributed by atoms with Crippen LogP contribution in [0.25, 0.3) is 0 Å². The quantitative estimate of drug-likeness (QED) is 0.900. The highest BCUT2D eigenvalue weighted by atomic mass is 35.5. The number of nitrogens with one attached hydrogen (secondary N) is 1. The molecule has 0 bridgehead atoms. The zero-order chi connectivity index (χ0) is 13.9. The monoisotopic (exact) mass is 350 g/mol. The molecule has 1 aromatic rings. The second-order valence-electron chi connectivity index (χ2n) is 5.81. The van der Waals surface area contributed by atoms with Gasteiger partial charge in [-0.25, -0.2) is 4.39 Å². The number of ether oxygens (including phenoxy) is 1. The summed E-state index contributed by atoms with van der Waals surface area (Å²) in [5.41, 5.74) is 1.03. The van der Waals surface area contributed by atoms with Gasteiger partial charge in [0, 0.05) is 37.8 Å². The van der Waals surface area contributed by atoms with Gasteiger partial charge >= 0.3 is 0 Å². The first kappa shape index (κ1) is 19.5. The van der Waals surface area contributed by atoms with E-state index in [2.05, 4.69) is 10.2 Å². The van der Waals surface area contributed by atoms with Crippen molar-refractivity contribution in [1.29, 1.82) is 0 Å². The minimum absolute atomic E-state index is 0. The van der Waals surface area contributed by atoms with Gasteiger partial charge in [-0.3, -0.25) is 4.90 Å². The molecule has 1 aromatic carbocycles. The Hall–Kier alpha value is -0.550. The molecule has 6 heteroatoms. The fourth-order valence-corrected chi connectivity index (χ4v) is 3.40. The van der Waals surface area contributed by atoms with Gasteiger partial charge in [-0.15, -0.1) is 24.8 Å². The summed E-state index contributed by atoms with van der Waals surface area (Å²) >= 11 is 0. The van der Waals surface area contributed by atoms with Crippen LogP contribution in [0.15, 0.2) is 18.2 Å². The van der Waals surface area contributed by atoms with Crippen molar-refractivity contribution in [3.05, 3.63) is 29.6 Å². The Morgan fingerprint density at radius 1 is 1.23 bits per heavy atom. The van der Waals surface area contributed by atoms with Gasteiger partial charge in [0.1, 0.15) is 11.6 Å². The van der Waals surface area contributed by atoms with Gasteiger partial charge in [0.05, 0.1) is 7.11 Å². The molecule has 1 aliphatic carbocycles. The van der Waals surface area contributed by atoms with E-state index in [0.29, 0.717) is 12.0 Å². The Bertz CT molecular complexity index is 465. The van der Waals surface area contributed by atoms with Crippen LogP contribution < -0.4 is 10.1 Å². The van der Waals surface area contributed by atoms with E-state index >= 15 is 0 Å². The number of hydrogen-bond acceptors (Lipinski definition) is 3. The van der Waals surface area contributed by atoms with Crippen molar-refractivity contribution in [2.75, 3.05) is 33.3 Å². The number of rotatable bonds is 4. The Morgan fingerprint density at radius 3 is 2.45 bits per heavy atom. The molecule has 1 atom stereocenters. The van der Waals surface area contributed by atoms with Crippen molar-refractivity contribution < 1.29 is 9.13 Å². The van der Waals surface area contributed by atoms with Crippen LogP contribution in [-0.4, -0.2) is 38.2 Å². The Labute approximate surface area is 144 Å². The highest BCUT2D eigenvalue weighted by Crippen LogP contribution is 2.44. The van der Waals surface area contributed by atoms with Crippen LogP contribution >= 0.6 is 24.8 Å². The average molecular weight is 351 g/mol. The molecule has 1 heterocycles. The first-order valence-corrected chi connectivity index (χ1v) is 7.58. The molecule has 1 saturated carbocycles. The third-order valence-corrected chi connectivity index (χ3v) is 4.65. The van der Waals surface area contributed by atoms with E-state index in [1.165, 1.54) is 25.3 Å². The van der Waals surface area contributed by atoms with Crippen molar-refractivity contribution in [2.24, 2.45) is 5.92 Å². The zero-order valence-electron chi connectivity index (χ0n) is 12.9. The summed E-state index contributed by atoms with van der Waals surface area (Å²) in [6, 6.07) is 5.22. The summed E-state index contributed by atoms with van der Waals surface area (Å²) in [4.78, 5) is 2.50. The molecule has 0 unspecified atom stereocenters. The number of methoxy groups -OCH3 is 1. The summed E-state index contributed by atoms with van der Waals surface area (Å²) in [5.74, 6) is 1.30. The van der Waals surface area contributed by atoms with Gasteiger partial charge in [0.2, 0.25) is 0 Å². The van der Waals surface area contributed by atoms with E-state index in [-0.39, 0.29) is 30.6 Å². The molecule has 22 heavy (non-hydrogen) atoms. The number of benzene rings is 1. The SMILES string of the molecule is COc1ccc(F)cc1[C@@H](C1CCC1)N1CCNCC1.Cl.Cl. The maximum absolute atomic E-state index is 13.7. The van der Waals surface area contributed by atoms with E-state index in [9.17, 15) is 4.39 Å². The van der Waals surface area contributed by atoms with Crippen molar-refractivity contribution in [3.63, 3.8) is 0 Å². The highest BCUT2D eigenvalue weighted by Gasteiger charge is 2.35. The third kappa shape index (κ3) is 4.05. The fraction of sp³-hybridized carbons (Fsp3) is 0.625. The summed E-state index contributed by atoms with van der Waals surface area (Å²) in [6.07, 6.45) is 3.79. The number of hydrogen-bond donors (Lipinski definition) is 1. The molecule has 2 aliphatic rings. The van der Waals surface area contributed by atoms with Crippen molar-refractivity contribution in [3.8, 4) is 5.75 Å². The van der Waals surface area contributed by atoms with Crippen LogP contribution in [0.3, 0.4) is 0 Å². The molecular formula is C16H25Cl2FN2O. The van der Waals surface area contributed by atoms with Gasteiger partial charge < -0.3 is 10.1 Å². The van der Waals surface area contributed by atoms with Crippen LogP contribution in [0.1, 0.15) is 30.9 Å². The minimum atomic E-state index is -0.166. The molecule has 126 valence electrons. The van der Waals surface area contributed by atoms with Crippen molar-refractivity contribution in [2.45, 2.75) is 25.3 Å². The molecule has 1 N–H and O–H groups in total. The van der Waals surface area contributed by atoms with Gasteiger partial charge in [0.15, 0.2) is 0 Å². The molecule has 0 spiro atoms. The smallest absolute Gasteiger partial charge is 0.123 e. The number of halogens is 3. The maximum Gasteiger partial charge on any atom is 0.123 e. The second-order valence-corrected chi connectivity index (χ2v) is 5.81. The molecule has 1 saturated heterocycles. The third-order valence-electron chi connectivity index (χ3n) is 4.65. The normalized spacial score (nSPS) is 20.3. The van der Waals surface area contributed by atoms with E-state index in [1.807, 2.05) is 0 Å². The lowest BCUT2D eigenvalue weighted by atomic mass is 9.76. The standard InChI is InChI=1S/C16H23FN2O.2ClH/c1-20-15-6-5-13(17)11-14(15)16(12-3-2-4-12)19-9-7-18-8-10-19;;/h5-6,11-12,16,18H,2-4,7-10H2,1H3;2*1H/t16-;;/m1../s1. The zero-order valence-corrected chi connectivity index (χ0v) is 14.5. The molecular weight excluding hydrogens is 326 g/mol. The van der Waals surface area contributed by atoms with Gasteiger partial charge in [0.25, 0.3) is 0 Å². The molecule has 3 rings (SSSR count). The fourth-order valence-electron chi connectivity index (χ4n) is 3.40. The van der Waals surface area contributed by atoms with Gasteiger partial charge in [-0.2, -0.15) is 0 Å². The lowest BCUT2D eigenvalue weighted by Gasteiger charge is -2.43. The van der Waals surface area contributed by atoms with Crippen LogP contribution in [0.2, 0.25) is 0 Å². The van der Waals surface area contributed by atoms with E-state index in [4.69, 9.17) is 4.74 Å². The average Bonchev–Trinajstić information content (AvgIpc) is 2.43. The summed E-state index contributed by atoms with van der Waals surface area (Å²) in [7, 11) is 1.67. The largest absolute Gasteiger partial charge is 0.496 e. The Kier molecular flexibility index (Phi) is 7.90. The van der Waals surface area contributed by atoms with Crippen molar-refractivity contribution in [1.82, 2.24) is 10.2 Å². The lowest BCUT2D eigenvalue weighted by Crippen LogP contribution is -2.47. The Morgan fingerprint density at radius 2 is 1.91 bits per heavy atom. The maximum atomic E-state index is 13.7. The van der Waals surface area contributed by atoms with Crippen molar-refractivity contribution >= 4 is 24.8 Å². The van der Waals surface area contributed by atoms with E-state index in [0.717, 1.165) is 37.5 Å². The predicted molar refractivity (Wildman–Crippen MR) is 92.0 cm³/mol. The van der Waals surface area contributed by atoms with Crippen LogP contribution in [0.4, 0.5) is 4.39 Å². The van der Waals surface area contributed by atoms with Gasteiger partial charge in [-0.05, 0) is 37.0 Å². The summed E-state index contributed by atoms with van der Waals surface area (Å²) < 4.78 is 19.2. The van der Waals surface area contributed by atoms with E-state index < -0.39 is 0 Å². The van der Waals surface area contributed by atoms with Crippen LogP contribution in [-0.2, 0) is 0 Å². The Balaban J connectivity index is 0.00000121. The lowest BCUT2D eigenvalue weighted by molar-refractivity contribution is 0.0816. The topological polar surface area (TPSA) is 24.5 Å². The molecule has 0 radical (unpaired) electrons. The second kappa shape index (κ2) is 8.92. The van der Waals surface area contributed by atoms with Gasteiger partial charge in [-0.1, -0.05) is 6.42 Å². The first-order valence-electron chi connectivity index (χ1n) is 7.58. The minimum Gasteiger partial charge on any atom is -0.496 e. The summed E-state index contributed by atoms with van der Waals surface area (Å²) in [5, 5.41) is 3.39. The first-order chi connectivity index (χ1) is 9.79. The molecule has 0 amide bonds. The van der Waals surface area contributed by atoms with Crippen LogP contribution in [0.5, 0.6) is 5.75 Å². The molecule has 1 aliphatic heterocycles. The molecule has 2 fully saturated rings. The molecule has 0 aromatic heterocycles. The van der Waals surface area contributed by atoms with E-state index in [1.54, 1.807) is 19.2 Å². The predicted octanol–water partition coefficient (Wildman–Crippen LogP) is 3.42.